The fourth-order valence-corrected chi connectivity index (χ4v) is 7.72. The van der Waals surface area contributed by atoms with E-state index in [2.05, 4.69) is 13.0 Å². The van der Waals surface area contributed by atoms with Crippen LogP contribution >= 0.6 is 0 Å². The van der Waals surface area contributed by atoms with Gasteiger partial charge in [0.25, 0.3) is 6.08 Å². The molecule has 6 heteroatoms. The van der Waals surface area contributed by atoms with Gasteiger partial charge in [-0.25, -0.2) is 0 Å². The maximum atomic E-state index is 14.1. The number of carbonyl (C=O) groups excluding carboxylic acids is 1. The molecule has 0 bridgehead atoms. The average Bonchev–Trinajstić information content (AvgIpc) is 3.12. The zero-order chi connectivity index (χ0) is 23.2. The molecule has 3 unspecified atom stereocenters. The molecule has 1 N–H and O–H groups in total. The van der Waals surface area contributed by atoms with Crippen LogP contribution in [-0.4, -0.2) is 42.2 Å². The molecule has 1 aromatic carbocycles. The topological polar surface area (TPSA) is 49.8 Å². The standard InChI is InChI=1S/C27H35F2NO3/c1-27-10-9-21-20-8-6-19(31)15-17(20)5-7-22(21)25(27)18(16-23(27)26(28)29)3-2-4-24(32)30-11-13-33-14-12-30/h6,8,15,18,21-22,25,31H,2-5,7,9-14,16H2,1H3/t18-,21?,22?,25?,27+/m0/s1. The van der Waals surface area contributed by atoms with E-state index in [-0.39, 0.29) is 17.7 Å². The van der Waals surface area contributed by atoms with Crippen molar-refractivity contribution in [3.05, 3.63) is 41.0 Å². The number of morpholine rings is 1. The normalized spacial score (nSPS) is 33.3. The predicted octanol–water partition coefficient (Wildman–Crippen LogP) is 5.65. The fraction of sp³-hybridized carbons (Fsp3) is 0.667. The number of ether oxygens (including phenoxy) is 1. The summed E-state index contributed by atoms with van der Waals surface area (Å²) >= 11 is 0. The third-order valence-electron chi connectivity index (χ3n) is 9.18. The Kier molecular flexibility index (Phi) is 6.23. The first-order valence-corrected chi connectivity index (χ1v) is 12.6. The van der Waals surface area contributed by atoms with Gasteiger partial charge in [0.05, 0.1) is 13.2 Å². The van der Waals surface area contributed by atoms with Gasteiger partial charge >= 0.3 is 0 Å². The molecule has 4 nitrogen and oxygen atoms in total. The molecule has 180 valence electrons. The number of aromatic hydroxyl groups is 1. The highest BCUT2D eigenvalue weighted by Crippen LogP contribution is 2.66. The lowest BCUT2D eigenvalue weighted by Gasteiger charge is -2.51. The highest BCUT2D eigenvalue weighted by atomic mass is 19.3. The van der Waals surface area contributed by atoms with Crippen molar-refractivity contribution in [3.63, 3.8) is 0 Å². The van der Waals surface area contributed by atoms with E-state index in [0.29, 0.717) is 62.3 Å². The van der Waals surface area contributed by atoms with Gasteiger partial charge in [-0.1, -0.05) is 13.0 Å². The second kappa shape index (κ2) is 9.01. The van der Waals surface area contributed by atoms with Crippen molar-refractivity contribution < 1.29 is 23.4 Å². The number of halogens is 2. The van der Waals surface area contributed by atoms with E-state index in [1.807, 2.05) is 11.0 Å². The van der Waals surface area contributed by atoms with Crippen LogP contribution in [0, 0.1) is 23.2 Å². The molecule has 3 aliphatic carbocycles. The summed E-state index contributed by atoms with van der Waals surface area (Å²) in [6, 6.07) is 5.71. The molecule has 3 fully saturated rings. The molecule has 1 saturated heterocycles. The Hall–Kier alpha value is -1.95. The van der Waals surface area contributed by atoms with Crippen LogP contribution in [0.5, 0.6) is 5.75 Å². The van der Waals surface area contributed by atoms with Crippen LogP contribution in [0.3, 0.4) is 0 Å². The number of amides is 1. The molecule has 0 aromatic heterocycles. The smallest absolute Gasteiger partial charge is 0.270 e. The molecule has 1 heterocycles. The van der Waals surface area contributed by atoms with Gasteiger partial charge in [-0.2, -0.15) is 8.78 Å². The molecule has 33 heavy (non-hydrogen) atoms. The van der Waals surface area contributed by atoms with E-state index in [1.165, 1.54) is 11.1 Å². The van der Waals surface area contributed by atoms with Crippen LogP contribution in [0.25, 0.3) is 0 Å². The van der Waals surface area contributed by atoms with Crippen molar-refractivity contribution in [2.24, 2.45) is 23.2 Å². The SMILES string of the molecule is C[C@]12CCC3c4ccc(O)cc4CCC3C1[C@@H](CCCC(=O)N1CCOCC1)CC2=C(F)F. The molecule has 1 aromatic rings. The van der Waals surface area contributed by atoms with E-state index in [0.717, 1.165) is 38.5 Å². The summed E-state index contributed by atoms with van der Waals surface area (Å²) < 4.78 is 33.6. The lowest BCUT2D eigenvalue weighted by molar-refractivity contribution is -0.135. The Morgan fingerprint density at radius 3 is 2.79 bits per heavy atom. The number of hydrogen-bond acceptors (Lipinski definition) is 3. The van der Waals surface area contributed by atoms with Crippen LogP contribution in [0.4, 0.5) is 8.78 Å². The zero-order valence-electron chi connectivity index (χ0n) is 19.5. The second-order valence-corrected chi connectivity index (χ2v) is 10.8. The average molecular weight is 460 g/mol. The monoisotopic (exact) mass is 459 g/mol. The van der Waals surface area contributed by atoms with Crippen molar-refractivity contribution in [2.75, 3.05) is 26.3 Å². The molecule has 0 radical (unpaired) electrons. The number of phenols is 1. The van der Waals surface area contributed by atoms with Crippen molar-refractivity contribution in [2.45, 2.75) is 64.2 Å². The lowest BCUT2D eigenvalue weighted by atomic mass is 9.53. The summed E-state index contributed by atoms with van der Waals surface area (Å²) in [5.41, 5.74) is 2.48. The minimum Gasteiger partial charge on any atom is -0.508 e. The molecular formula is C27H35F2NO3. The molecule has 5 rings (SSSR count). The Morgan fingerprint density at radius 1 is 1.24 bits per heavy atom. The first-order chi connectivity index (χ1) is 15.9. The number of rotatable bonds is 4. The van der Waals surface area contributed by atoms with Gasteiger partial charge in [-0.3, -0.25) is 4.79 Å². The molecule has 5 atom stereocenters. The van der Waals surface area contributed by atoms with Gasteiger partial charge in [-0.15, -0.1) is 0 Å². The third-order valence-corrected chi connectivity index (χ3v) is 9.18. The van der Waals surface area contributed by atoms with Gasteiger partial charge in [0.2, 0.25) is 5.91 Å². The molecule has 0 spiro atoms. The van der Waals surface area contributed by atoms with Crippen LogP contribution in [0.1, 0.15) is 68.9 Å². The number of hydrogen-bond donors (Lipinski definition) is 1. The molecule has 1 amide bonds. The van der Waals surface area contributed by atoms with Gasteiger partial charge in [0.1, 0.15) is 5.75 Å². The summed E-state index contributed by atoms with van der Waals surface area (Å²) in [6.07, 6.45) is 4.68. The Balaban J connectivity index is 1.34. The van der Waals surface area contributed by atoms with Gasteiger partial charge < -0.3 is 14.7 Å². The van der Waals surface area contributed by atoms with E-state index >= 15 is 0 Å². The lowest BCUT2D eigenvalue weighted by Crippen LogP contribution is -2.42. The van der Waals surface area contributed by atoms with Crippen LogP contribution in [0.2, 0.25) is 0 Å². The number of phenolic OH excluding ortho intramolecular Hbond substituents is 1. The van der Waals surface area contributed by atoms with Gasteiger partial charge in [-0.05, 0) is 97.3 Å². The fourth-order valence-electron chi connectivity index (χ4n) is 7.72. The predicted molar refractivity (Wildman–Crippen MR) is 122 cm³/mol. The summed E-state index contributed by atoms with van der Waals surface area (Å²) in [5, 5.41) is 9.92. The maximum Gasteiger partial charge on any atom is 0.270 e. The summed E-state index contributed by atoms with van der Waals surface area (Å²) in [4.78, 5) is 14.5. The van der Waals surface area contributed by atoms with Crippen LogP contribution in [-0.2, 0) is 16.0 Å². The number of benzene rings is 1. The number of carbonyl (C=O) groups is 1. The van der Waals surface area contributed by atoms with Crippen molar-refractivity contribution in [1.82, 2.24) is 4.90 Å². The number of allylic oxidation sites excluding steroid dienone is 1. The first kappa shape index (κ1) is 22.8. The Labute approximate surface area is 195 Å². The minimum absolute atomic E-state index is 0.166. The summed E-state index contributed by atoms with van der Waals surface area (Å²) in [6.45, 7) is 4.58. The summed E-state index contributed by atoms with van der Waals surface area (Å²) in [7, 11) is 0. The van der Waals surface area contributed by atoms with Crippen molar-refractivity contribution >= 4 is 5.91 Å². The van der Waals surface area contributed by atoms with Crippen molar-refractivity contribution in [3.8, 4) is 5.75 Å². The van der Waals surface area contributed by atoms with Crippen molar-refractivity contribution in [1.29, 1.82) is 0 Å². The Bertz CT molecular complexity index is 937. The van der Waals surface area contributed by atoms with E-state index in [1.54, 1.807) is 6.07 Å². The third kappa shape index (κ3) is 4.09. The van der Waals surface area contributed by atoms with Gasteiger partial charge in [0, 0.05) is 25.1 Å². The highest BCUT2D eigenvalue weighted by Gasteiger charge is 2.57. The molecule has 1 aliphatic heterocycles. The molecule has 4 aliphatic rings. The molecule has 2 saturated carbocycles. The number of aryl methyl sites for hydroxylation is 1. The maximum absolute atomic E-state index is 14.1. The summed E-state index contributed by atoms with van der Waals surface area (Å²) in [5.74, 6) is 1.67. The van der Waals surface area contributed by atoms with E-state index < -0.39 is 11.5 Å². The Morgan fingerprint density at radius 2 is 2.03 bits per heavy atom. The van der Waals surface area contributed by atoms with Crippen LogP contribution in [0.15, 0.2) is 29.9 Å². The minimum atomic E-state index is -1.48. The van der Waals surface area contributed by atoms with E-state index in [9.17, 15) is 18.7 Å². The van der Waals surface area contributed by atoms with Gasteiger partial charge in [0.15, 0.2) is 0 Å². The highest BCUT2D eigenvalue weighted by molar-refractivity contribution is 5.76. The quantitative estimate of drug-likeness (QED) is 0.633. The number of fused-ring (bicyclic) bond motifs is 5. The van der Waals surface area contributed by atoms with E-state index in [4.69, 9.17) is 4.74 Å². The zero-order valence-corrected chi connectivity index (χ0v) is 19.5. The molecular weight excluding hydrogens is 424 g/mol. The van der Waals surface area contributed by atoms with Crippen LogP contribution < -0.4 is 0 Å². The first-order valence-electron chi connectivity index (χ1n) is 12.6. The second-order valence-electron chi connectivity index (χ2n) is 10.8. The number of nitrogens with zero attached hydrogens (tertiary/aromatic N) is 1. The largest absolute Gasteiger partial charge is 0.508 e.